The van der Waals surface area contributed by atoms with Gasteiger partial charge in [-0.2, -0.15) is 0 Å². The van der Waals surface area contributed by atoms with E-state index in [0.29, 0.717) is 12.1 Å². The molecule has 1 aliphatic heterocycles. The lowest BCUT2D eigenvalue weighted by Crippen LogP contribution is -2.14. The average Bonchev–Trinajstić information content (AvgIpc) is 2.70. The molecule has 0 aliphatic carbocycles. The summed E-state index contributed by atoms with van der Waals surface area (Å²) in [6.07, 6.45) is 7.11. The van der Waals surface area contributed by atoms with Gasteiger partial charge in [0.15, 0.2) is 0 Å². The minimum Gasteiger partial charge on any atom is -0.302 e. The van der Waals surface area contributed by atoms with Crippen LogP contribution >= 0.6 is 0 Å². The van der Waals surface area contributed by atoms with Crippen LogP contribution < -0.4 is 0 Å². The molecule has 1 aliphatic rings. The van der Waals surface area contributed by atoms with E-state index in [1.165, 1.54) is 0 Å². The molecule has 2 aromatic rings. The highest BCUT2D eigenvalue weighted by atomic mass is 32.2. The molecule has 106 valence electrons. The lowest BCUT2D eigenvalue weighted by molar-refractivity contribution is 0.546. The quantitative estimate of drug-likeness (QED) is 0.854. The Kier molecular flexibility index (Phi) is 3.52. The molecule has 0 aromatic carbocycles. The molecular formula is C13H16N4O2S. The molecule has 0 saturated heterocycles. The van der Waals surface area contributed by atoms with E-state index in [-0.39, 0.29) is 10.9 Å². The van der Waals surface area contributed by atoms with Crippen LogP contribution in [-0.4, -0.2) is 28.2 Å². The van der Waals surface area contributed by atoms with E-state index in [1.54, 1.807) is 29.1 Å². The topological polar surface area (TPSA) is 77.7 Å². The molecule has 7 heteroatoms. The van der Waals surface area contributed by atoms with Crippen molar-refractivity contribution in [1.82, 2.24) is 19.7 Å². The minimum absolute atomic E-state index is 0.0844. The second kappa shape index (κ2) is 5.32. The maximum atomic E-state index is 12.5. The molecular weight excluding hydrogens is 276 g/mol. The molecule has 6 nitrogen and oxygen atoms in total. The Hall–Kier alpha value is -1.76. The molecule has 0 amide bonds. The minimum atomic E-state index is -3.48. The van der Waals surface area contributed by atoms with Gasteiger partial charge in [-0.3, -0.25) is 4.98 Å². The number of hydrogen-bond acceptors (Lipinski definition) is 5. The summed E-state index contributed by atoms with van der Waals surface area (Å²) in [4.78, 5) is 3.95. The van der Waals surface area contributed by atoms with Crippen LogP contribution in [0.2, 0.25) is 0 Å². The first kappa shape index (κ1) is 13.2. The summed E-state index contributed by atoms with van der Waals surface area (Å²) in [5.41, 5.74) is 0.665. The summed E-state index contributed by atoms with van der Waals surface area (Å²) in [6, 6.07) is 3.49. The molecule has 0 spiro atoms. The van der Waals surface area contributed by atoms with E-state index in [4.69, 9.17) is 0 Å². The first-order chi connectivity index (χ1) is 9.67. The van der Waals surface area contributed by atoms with Crippen molar-refractivity contribution in [3.05, 3.63) is 35.9 Å². The molecule has 2 aromatic heterocycles. The number of fused-ring (bicyclic) bond motifs is 1. The highest BCUT2D eigenvalue weighted by Gasteiger charge is 2.25. The molecule has 0 unspecified atom stereocenters. The van der Waals surface area contributed by atoms with Crippen molar-refractivity contribution in [3.8, 4) is 0 Å². The Labute approximate surface area is 117 Å². The smallest absolute Gasteiger partial charge is 0.250 e. The Morgan fingerprint density at radius 3 is 2.90 bits per heavy atom. The lowest BCUT2D eigenvalue weighted by Gasteiger charge is -2.07. The van der Waals surface area contributed by atoms with Crippen molar-refractivity contribution in [1.29, 1.82) is 0 Å². The van der Waals surface area contributed by atoms with Gasteiger partial charge in [-0.15, -0.1) is 10.2 Å². The van der Waals surface area contributed by atoms with Crippen LogP contribution in [-0.2, 0) is 28.6 Å². The fraction of sp³-hybridized carbons (Fsp3) is 0.462. The number of nitrogens with zero attached hydrogens (tertiary/aromatic N) is 4. The maximum Gasteiger partial charge on any atom is 0.250 e. The number of rotatable bonds is 3. The summed E-state index contributed by atoms with van der Waals surface area (Å²) in [6.45, 7) is 0.684. The highest BCUT2D eigenvalue weighted by Crippen LogP contribution is 2.20. The normalized spacial score (nSPS) is 15.6. The van der Waals surface area contributed by atoms with E-state index in [0.717, 1.165) is 31.5 Å². The predicted octanol–water partition coefficient (Wildman–Crippen LogP) is 1.37. The zero-order chi connectivity index (χ0) is 14.0. The van der Waals surface area contributed by atoms with Crippen molar-refractivity contribution in [3.63, 3.8) is 0 Å². The SMILES string of the molecule is O=S(=O)(Cc1cccnc1)c1nnc2n1CCCCC2. The maximum absolute atomic E-state index is 12.5. The Bertz CT molecular complexity index is 694. The number of aryl methyl sites for hydroxylation is 1. The van der Waals surface area contributed by atoms with Gasteiger partial charge in [0, 0.05) is 25.4 Å². The third-order valence-corrected chi connectivity index (χ3v) is 5.00. The summed E-state index contributed by atoms with van der Waals surface area (Å²) in [7, 11) is -3.48. The van der Waals surface area contributed by atoms with Gasteiger partial charge in [0.1, 0.15) is 5.82 Å². The summed E-state index contributed by atoms with van der Waals surface area (Å²) >= 11 is 0. The zero-order valence-electron chi connectivity index (χ0n) is 11.1. The van der Waals surface area contributed by atoms with Gasteiger partial charge in [-0.25, -0.2) is 8.42 Å². The van der Waals surface area contributed by atoms with Crippen LogP contribution in [0.4, 0.5) is 0 Å². The molecule has 0 radical (unpaired) electrons. The van der Waals surface area contributed by atoms with Crippen molar-refractivity contribution in [2.75, 3.05) is 0 Å². The van der Waals surface area contributed by atoms with Crippen LogP contribution in [0.25, 0.3) is 0 Å². The van der Waals surface area contributed by atoms with Gasteiger partial charge in [0.2, 0.25) is 15.0 Å². The van der Waals surface area contributed by atoms with Crippen LogP contribution in [0.5, 0.6) is 0 Å². The molecule has 0 saturated carbocycles. The predicted molar refractivity (Wildman–Crippen MR) is 72.7 cm³/mol. The fourth-order valence-electron chi connectivity index (χ4n) is 2.46. The number of hydrogen-bond donors (Lipinski definition) is 0. The summed E-state index contributed by atoms with van der Waals surface area (Å²) in [5, 5.41) is 8.05. The van der Waals surface area contributed by atoms with E-state index in [9.17, 15) is 8.42 Å². The van der Waals surface area contributed by atoms with Crippen LogP contribution in [0.3, 0.4) is 0 Å². The van der Waals surface area contributed by atoms with Gasteiger partial charge in [-0.05, 0) is 24.5 Å². The fourth-order valence-corrected chi connectivity index (χ4v) is 3.89. The Morgan fingerprint density at radius 1 is 1.20 bits per heavy atom. The van der Waals surface area contributed by atoms with Crippen molar-refractivity contribution < 1.29 is 8.42 Å². The summed E-state index contributed by atoms with van der Waals surface area (Å²) in [5.74, 6) is 0.700. The average molecular weight is 292 g/mol. The lowest BCUT2D eigenvalue weighted by atomic mass is 10.2. The number of aromatic nitrogens is 4. The van der Waals surface area contributed by atoms with Crippen LogP contribution in [0, 0.1) is 0 Å². The largest absolute Gasteiger partial charge is 0.302 e. The Morgan fingerprint density at radius 2 is 2.10 bits per heavy atom. The van der Waals surface area contributed by atoms with Crippen LogP contribution in [0.15, 0.2) is 29.7 Å². The first-order valence-corrected chi connectivity index (χ1v) is 8.36. The second-order valence-electron chi connectivity index (χ2n) is 4.98. The van der Waals surface area contributed by atoms with Gasteiger partial charge in [0.05, 0.1) is 5.75 Å². The number of pyridine rings is 1. The Balaban J connectivity index is 1.94. The monoisotopic (exact) mass is 292 g/mol. The van der Waals surface area contributed by atoms with Gasteiger partial charge in [0.25, 0.3) is 0 Å². The number of sulfone groups is 1. The van der Waals surface area contributed by atoms with Gasteiger partial charge < -0.3 is 4.57 Å². The molecule has 0 bridgehead atoms. The van der Waals surface area contributed by atoms with Crippen molar-refractivity contribution >= 4 is 9.84 Å². The van der Waals surface area contributed by atoms with E-state index in [2.05, 4.69) is 15.2 Å². The summed E-state index contributed by atoms with van der Waals surface area (Å²) < 4.78 is 26.8. The van der Waals surface area contributed by atoms with E-state index >= 15 is 0 Å². The second-order valence-corrected chi connectivity index (χ2v) is 6.86. The van der Waals surface area contributed by atoms with Crippen molar-refractivity contribution in [2.24, 2.45) is 0 Å². The molecule has 0 N–H and O–H groups in total. The zero-order valence-corrected chi connectivity index (χ0v) is 11.9. The first-order valence-electron chi connectivity index (χ1n) is 6.70. The standard InChI is InChI=1S/C13H16N4O2S/c18-20(19,10-11-5-4-7-14-9-11)13-16-15-12-6-2-1-3-8-17(12)13/h4-5,7,9H,1-3,6,8,10H2. The van der Waals surface area contributed by atoms with E-state index < -0.39 is 9.84 Å². The molecule has 0 fully saturated rings. The highest BCUT2D eigenvalue weighted by molar-refractivity contribution is 7.90. The van der Waals surface area contributed by atoms with Crippen molar-refractivity contribution in [2.45, 2.75) is 43.1 Å². The molecule has 3 rings (SSSR count). The van der Waals surface area contributed by atoms with E-state index in [1.807, 2.05) is 0 Å². The van der Waals surface area contributed by atoms with Gasteiger partial charge >= 0.3 is 0 Å². The molecule has 3 heterocycles. The van der Waals surface area contributed by atoms with Gasteiger partial charge in [-0.1, -0.05) is 12.5 Å². The third kappa shape index (κ3) is 2.58. The third-order valence-electron chi connectivity index (χ3n) is 3.43. The molecule has 0 atom stereocenters. The molecule has 20 heavy (non-hydrogen) atoms. The van der Waals surface area contributed by atoms with Crippen LogP contribution in [0.1, 0.15) is 30.7 Å².